The maximum Gasteiger partial charge on any atom is 0.173 e. The smallest absolute Gasteiger partial charge is 0.173 e. The Bertz CT molecular complexity index is 522. The number of halogens is 1. The zero-order valence-corrected chi connectivity index (χ0v) is 12.4. The van der Waals surface area contributed by atoms with E-state index < -0.39 is 9.84 Å². The molecule has 1 aromatic rings. The molecule has 0 radical (unpaired) electrons. The summed E-state index contributed by atoms with van der Waals surface area (Å²) in [6.45, 7) is 2.04. The molecule has 3 nitrogen and oxygen atoms in total. The van der Waals surface area contributed by atoms with Crippen LogP contribution in [-0.4, -0.2) is 20.2 Å². The molecule has 1 heterocycles. The number of benzene rings is 1. The highest BCUT2D eigenvalue weighted by molar-refractivity contribution is 14.1. The van der Waals surface area contributed by atoms with Gasteiger partial charge in [0.1, 0.15) is 0 Å². The molecule has 92 valence electrons. The molecule has 5 heteroatoms. The number of rotatable bonds is 3. The van der Waals surface area contributed by atoms with Gasteiger partial charge in [-0.05, 0) is 47.2 Å². The molecule has 0 bridgehead atoms. The predicted octanol–water partition coefficient (Wildman–Crippen LogP) is 2.25. The Labute approximate surface area is 115 Å². The normalized spacial score (nSPS) is 23.8. The van der Waals surface area contributed by atoms with Crippen LogP contribution in [0.5, 0.6) is 0 Å². The van der Waals surface area contributed by atoms with E-state index >= 15 is 0 Å². The maximum atomic E-state index is 11.3. The SMILES string of the molecule is CC(NC1C=CS(=O)(=O)C1)c1ccc(I)cc1. The van der Waals surface area contributed by atoms with Crippen molar-refractivity contribution in [1.82, 2.24) is 5.32 Å². The number of sulfone groups is 1. The molecule has 0 saturated heterocycles. The molecule has 1 aromatic carbocycles. The number of hydrogen-bond donors (Lipinski definition) is 1. The molecular formula is C12H14INO2S. The lowest BCUT2D eigenvalue weighted by atomic mass is 10.1. The average Bonchev–Trinajstić information content (AvgIpc) is 2.59. The second-order valence-corrected chi connectivity index (χ2v) is 7.38. The molecule has 2 atom stereocenters. The fraction of sp³-hybridized carbons (Fsp3) is 0.333. The zero-order valence-electron chi connectivity index (χ0n) is 9.43. The first-order valence-corrected chi connectivity index (χ1v) is 8.18. The Morgan fingerprint density at radius 2 is 2.00 bits per heavy atom. The van der Waals surface area contributed by atoms with Gasteiger partial charge in [-0.2, -0.15) is 0 Å². The minimum absolute atomic E-state index is 0.0747. The third-order valence-corrected chi connectivity index (χ3v) is 4.88. The molecule has 17 heavy (non-hydrogen) atoms. The largest absolute Gasteiger partial charge is 0.303 e. The van der Waals surface area contributed by atoms with Crippen LogP contribution in [0.3, 0.4) is 0 Å². The molecule has 1 N–H and O–H groups in total. The maximum absolute atomic E-state index is 11.3. The van der Waals surface area contributed by atoms with Crippen molar-refractivity contribution < 1.29 is 8.42 Å². The highest BCUT2D eigenvalue weighted by atomic mass is 127. The lowest BCUT2D eigenvalue weighted by molar-refractivity contribution is 0.535. The summed E-state index contributed by atoms with van der Waals surface area (Å²) in [5, 5.41) is 4.60. The van der Waals surface area contributed by atoms with Gasteiger partial charge in [-0.3, -0.25) is 0 Å². The predicted molar refractivity (Wildman–Crippen MR) is 77.4 cm³/mol. The molecule has 2 unspecified atom stereocenters. The van der Waals surface area contributed by atoms with Crippen LogP contribution in [0.2, 0.25) is 0 Å². The second kappa shape index (κ2) is 5.07. The summed E-state index contributed by atoms with van der Waals surface area (Å²) >= 11 is 2.26. The average molecular weight is 363 g/mol. The standard InChI is InChI=1S/C12H14INO2S/c1-9(10-2-4-11(13)5-3-10)14-12-6-7-17(15,16)8-12/h2-7,9,12,14H,8H2,1H3. The van der Waals surface area contributed by atoms with Gasteiger partial charge in [0.25, 0.3) is 0 Å². The molecule has 1 aliphatic heterocycles. The van der Waals surface area contributed by atoms with E-state index in [1.165, 1.54) is 14.5 Å². The van der Waals surface area contributed by atoms with Gasteiger partial charge in [-0.25, -0.2) is 8.42 Å². The molecule has 0 spiro atoms. The molecule has 2 rings (SSSR count). The summed E-state index contributed by atoms with van der Waals surface area (Å²) in [6.07, 6.45) is 1.72. The zero-order chi connectivity index (χ0) is 12.5. The number of nitrogens with one attached hydrogen (secondary N) is 1. The van der Waals surface area contributed by atoms with Crippen molar-refractivity contribution in [3.05, 3.63) is 44.9 Å². The molecule has 0 aromatic heterocycles. The van der Waals surface area contributed by atoms with Gasteiger partial charge >= 0.3 is 0 Å². The fourth-order valence-corrected chi connectivity index (χ4v) is 3.46. The minimum Gasteiger partial charge on any atom is -0.303 e. The Morgan fingerprint density at radius 1 is 1.35 bits per heavy atom. The summed E-state index contributed by atoms with van der Waals surface area (Å²) in [4.78, 5) is 0. The van der Waals surface area contributed by atoms with Gasteiger partial charge in [0.15, 0.2) is 9.84 Å². The first-order valence-electron chi connectivity index (χ1n) is 5.39. The van der Waals surface area contributed by atoms with Crippen molar-refractivity contribution in [1.29, 1.82) is 0 Å². The Hall–Kier alpha value is -0.400. The summed E-state index contributed by atoms with van der Waals surface area (Å²) in [6, 6.07) is 8.30. The molecule has 1 aliphatic rings. The highest BCUT2D eigenvalue weighted by Gasteiger charge is 2.22. The summed E-state index contributed by atoms with van der Waals surface area (Å²) < 4.78 is 23.7. The van der Waals surface area contributed by atoms with Crippen LogP contribution in [0, 0.1) is 3.57 Å². The molecule has 0 amide bonds. The molecular weight excluding hydrogens is 349 g/mol. The van der Waals surface area contributed by atoms with Crippen molar-refractivity contribution in [2.75, 3.05) is 5.75 Å². The first-order chi connectivity index (χ1) is 7.96. The van der Waals surface area contributed by atoms with Crippen LogP contribution in [0.1, 0.15) is 18.5 Å². The van der Waals surface area contributed by atoms with Gasteiger partial charge in [-0.15, -0.1) is 0 Å². The lowest BCUT2D eigenvalue weighted by Crippen LogP contribution is -2.32. The quantitative estimate of drug-likeness (QED) is 0.838. The van der Waals surface area contributed by atoms with Gasteiger partial charge in [0.2, 0.25) is 0 Å². The van der Waals surface area contributed by atoms with Crippen molar-refractivity contribution >= 4 is 32.4 Å². The van der Waals surface area contributed by atoms with Crippen LogP contribution in [-0.2, 0) is 9.84 Å². The fourth-order valence-electron chi connectivity index (χ4n) is 1.85. The van der Waals surface area contributed by atoms with Gasteiger partial charge in [-0.1, -0.05) is 18.2 Å². The van der Waals surface area contributed by atoms with E-state index in [9.17, 15) is 8.42 Å². The van der Waals surface area contributed by atoms with E-state index in [2.05, 4.69) is 52.2 Å². The summed E-state index contributed by atoms with van der Waals surface area (Å²) in [5.41, 5.74) is 1.17. The third kappa shape index (κ3) is 3.53. The van der Waals surface area contributed by atoms with E-state index in [4.69, 9.17) is 0 Å². The third-order valence-electron chi connectivity index (χ3n) is 2.76. The van der Waals surface area contributed by atoms with Crippen LogP contribution in [0.4, 0.5) is 0 Å². The highest BCUT2D eigenvalue weighted by Crippen LogP contribution is 2.17. The Balaban J connectivity index is 2.01. The minimum atomic E-state index is -2.97. The van der Waals surface area contributed by atoms with Crippen molar-refractivity contribution in [2.24, 2.45) is 0 Å². The number of hydrogen-bond acceptors (Lipinski definition) is 3. The van der Waals surface area contributed by atoms with Crippen LogP contribution in [0.15, 0.2) is 35.7 Å². The van der Waals surface area contributed by atoms with Crippen LogP contribution in [0.25, 0.3) is 0 Å². The van der Waals surface area contributed by atoms with Crippen LogP contribution < -0.4 is 5.32 Å². The van der Waals surface area contributed by atoms with E-state index in [1.807, 2.05) is 6.92 Å². The topological polar surface area (TPSA) is 46.2 Å². The van der Waals surface area contributed by atoms with Crippen molar-refractivity contribution in [2.45, 2.75) is 19.0 Å². The lowest BCUT2D eigenvalue weighted by Gasteiger charge is -2.18. The van der Waals surface area contributed by atoms with E-state index in [1.54, 1.807) is 6.08 Å². The molecule has 0 fully saturated rings. The second-order valence-electron chi connectivity index (χ2n) is 4.20. The van der Waals surface area contributed by atoms with E-state index in [-0.39, 0.29) is 17.8 Å². The summed E-state index contributed by atoms with van der Waals surface area (Å²) in [5.74, 6) is 0.168. The van der Waals surface area contributed by atoms with E-state index in [0.717, 1.165) is 0 Å². The van der Waals surface area contributed by atoms with Crippen molar-refractivity contribution in [3.8, 4) is 0 Å². The summed E-state index contributed by atoms with van der Waals surface area (Å²) in [7, 11) is -2.97. The Kier molecular flexibility index (Phi) is 3.89. The van der Waals surface area contributed by atoms with Gasteiger partial charge < -0.3 is 5.32 Å². The Morgan fingerprint density at radius 3 is 2.53 bits per heavy atom. The van der Waals surface area contributed by atoms with E-state index in [0.29, 0.717) is 0 Å². The van der Waals surface area contributed by atoms with Crippen molar-refractivity contribution in [3.63, 3.8) is 0 Å². The van der Waals surface area contributed by atoms with Crippen LogP contribution >= 0.6 is 22.6 Å². The molecule has 0 aliphatic carbocycles. The van der Waals surface area contributed by atoms with Gasteiger partial charge in [0.05, 0.1) is 5.75 Å². The monoisotopic (exact) mass is 363 g/mol. The first kappa shape index (κ1) is 13.0. The molecule has 0 saturated carbocycles. The van der Waals surface area contributed by atoms with Gasteiger partial charge in [0, 0.05) is 21.1 Å².